The summed E-state index contributed by atoms with van der Waals surface area (Å²) in [6.07, 6.45) is 1.05. The third kappa shape index (κ3) is 2.62. The molecule has 25 heavy (non-hydrogen) atoms. The van der Waals surface area contributed by atoms with Crippen LogP contribution in [-0.2, 0) is 11.3 Å². The number of hydrogen-bond donors (Lipinski definition) is 0. The molecule has 1 saturated heterocycles. The zero-order valence-electron chi connectivity index (χ0n) is 14.6. The van der Waals surface area contributed by atoms with Gasteiger partial charge in [-0.15, -0.1) is 0 Å². The molecule has 4 rings (SSSR count). The third-order valence-corrected chi connectivity index (χ3v) is 5.28. The highest BCUT2D eigenvalue weighted by Gasteiger charge is 2.30. The summed E-state index contributed by atoms with van der Waals surface area (Å²) in [5, 5.41) is 1.33. The van der Waals surface area contributed by atoms with Crippen molar-refractivity contribution in [3.63, 3.8) is 0 Å². The Balaban J connectivity index is 1.87. The summed E-state index contributed by atoms with van der Waals surface area (Å²) in [5.74, 6) is 0.664. The summed E-state index contributed by atoms with van der Waals surface area (Å²) in [7, 11) is 0. The van der Waals surface area contributed by atoms with E-state index in [9.17, 15) is 9.59 Å². The number of pyridine rings is 1. The number of benzene rings is 2. The highest BCUT2D eigenvalue weighted by Crippen LogP contribution is 2.24. The summed E-state index contributed by atoms with van der Waals surface area (Å²) < 4.78 is 1.99. The summed E-state index contributed by atoms with van der Waals surface area (Å²) in [4.78, 5) is 27.7. The van der Waals surface area contributed by atoms with Crippen LogP contribution < -0.4 is 5.43 Å². The van der Waals surface area contributed by atoms with Crippen LogP contribution >= 0.6 is 0 Å². The molecule has 0 radical (unpaired) electrons. The molecule has 2 heterocycles. The molecule has 0 spiro atoms. The van der Waals surface area contributed by atoms with E-state index in [0.717, 1.165) is 24.0 Å². The van der Waals surface area contributed by atoms with Gasteiger partial charge in [-0.3, -0.25) is 9.59 Å². The first-order valence-corrected chi connectivity index (χ1v) is 8.86. The molecule has 1 aliphatic heterocycles. The lowest BCUT2D eigenvalue weighted by Gasteiger charge is -2.23. The second-order valence-electron chi connectivity index (χ2n) is 7.19. The van der Waals surface area contributed by atoms with Gasteiger partial charge >= 0.3 is 0 Å². The molecule has 3 aromatic rings. The first kappa shape index (κ1) is 15.9. The third-order valence-electron chi connectivity index (χ3n) is 5.28. The first-order valence-electron chi connectivity index (χ1n) is 8.86. The van der Waals surface area contributed by atoms with E-state index in [4.69, 9.17) is 0 Å². The predicted molar refractivity (Wildman–Crippen MR) is 101 cm³/mol. The minimum Gasteiger partial charge on any atom is -0.338 e. The lowest BCUT2D eigenvalue weighted by atomic mass is 10.1. The molecule has 2 atom stereocenters. The highest BCUT2D eigenvalue weighted by molar-refractivity contribution is 5.94. The molecule has 1 aromatic heterocycles. The van der Waals surface area contributed by atoms with Crippen molar-refractivity contribution >= 4 is 27.7 Å². The lowest BCUT2D eigenvalue weighted by Crippen LogP contribution is -2.36. The number of carbonyl (C=O) groups excluding carboxylic acids is 1. The largest absolute Gasteiger partial charge is 0.338 e. The Kier molecular flexibility index (Phi) is 3.83. The fourth-order valence-corrected chi connectivity index (χ4v) is 4.12. The van der Waals surface area contributed by atoms with Gasteiger partial charge < -0.3 is 9.47 Å². The van der Waals surface area contributed by atoms with Crippen LogP contribution in [0.4, 0.5) is 0 Å². The number of fused-ring (bicyclic) bond motifs is 2. The standard InChI is InChI=1S/C21H22N2O2/c1-14-11-15(2)22(12-14)20(24)13-23-18-9-5-3-7-16(18)21(25)17-8-4-6-10-19(17)23/h3-10,14-15H,11-13H2,1-2H3. The van der Waals surface area contributed by atoms with Gasteiger partial charge in [0.2, 0.25) is 5.91 Å². The summed E-state index contributed by atoms with van der Waals surface area (Å²) in [6, 6.07) is 15.4. The molecule has 0 bridgehead atoms. The van der Waals surface area contributed by atoms with Gasteiger partial charge in [0.25, 0.3) is 0 Å². The average molecular weight is 334 g/mol. The number of likely N-dealkylation sites (tertiary alicyclic amines) is 1. The molecule has 2 aromatic carbocycles. The topological polar surface area (TPSA) is 42.3 Å². The molecule has 0 saturated carbocycles. The van der Waals surface area contributed by atoms with Crippen LogP contribution in [0.3, 0.4) is 0 Å². The number of amides is 1. The van der Waals surface area contributed by atoms with E-state index >= 15 is 0 Å². The average Bonchev–Trinajstić information content (AvgIpc) is 2.97. The van der Waals surface area contributed by atoms with Crippen LogP contribution in [0.5, 0.6) is 0 Å². The van der Waals surface area contributed by atoms with Gasteiger partial charge in [-0.1, -0.05) is 31.2 Å². The highest BCUT2D eigenvalue weighted by atomic mass is 16.2. The molecular formula is C21H22N2O2. The summed E-state index contributed by atoms with van der Waals surface area (Å²) in [5.41, 5.74) is 1.66. The molecular weight excluding hydrogens is 312 g/mol. The molecule has 4 heteroatoms. The zero-order chi connectivity index (χ0) is 17.6. The number of rotatable bonds is 2. The fourth-order valence-electron chi connectivity index (χ4n) is 4.12. The molecule has 128 valence electrons. The quantitative estimate of drug-likeness (QED) is 0.674. The van der Waals surface area contributed by atoms with Gasteiger partial charge in [0, 0.05) is 23.4 Å². The summed E-state index contributed by atoms with van der Waals surface area (Å²) in [6.45, 7) is 5.38. The minimum absolute atomic E-state index is 0.0260. The van der Waals surface area contributed by atoms with Gasteiger partial charge in [-0.2, -0.15) is 0 Å². The maximum absolute atomic E-state index is 13.0. The SMILES string of the molecule is CC1CC(C)N(C(=O)Cn2c3ccccc3c(=O)c3ccccc32)C1. The number of nitrogens with zero attached hydrogens (tertiary/aromatic N) is 2. The second-order valence-corrected chi connectivity index (χ2v) is 7.19. The van der Waals surface area contributed by atoms with Crippen molar-refractivity contribution < 1.29 is 4.79 Å². The first-order chi connectivity index (χ1) is 12.1. The number of para-hydroxylation sites is 2. The Morgan fingerprint density at radius 1 is 1.00 bits per heavy atom. The van der Waals surface area contributed by atoms with Crippen molar-refractivity contribution in [2.75, 3.05) is 6.54 Å². The molecule has 1 fully saturated rings. The van der Waals surface area contributed by atoms with E-state index in [1.807, 2.05) is 58.0 Å². The Morgan fingerprint density at radius 3 is 2.08 bits per heavy atom. The normalized spacial score (nSPS) is 20.5. The van der Waals surface area contributed by atoms with Crippen molar-refractivity contribution in [2.45, 2.75) is 32.9 Å². The lowest BCUT2D eigenvalue weighted by molar-refractivity contribution is -0.132. The van der Waals surface area contributed by atoms with Gasteiger partial charge in [-0.25, -0.2) is 0 Å². The van der Waals surface area contributed by atoms with Gasteiger partial charge in [0.05, 0.1) is 11.0 Å². The van der Waals surface area contributed by atoms with E-state index in [-0.39, 0.29) is 23.9 Å². The van der Waals surface area contributed by atoms with Gasteiger partial charge in [0.1, 0.15) is 6.54 Å². The molecule has 0 aliphatic carbocycles. The van der Waals surface area contributed by atoms with Crippen LogP contribution in [0.25, 0.3) is 21.8 Å². The van der Waals surface area contributed by atoms with Crippen LogP contribution in [0, 0.1) is 5.92 Å². The Bertz CT molecular complexity index is 961. The predicted octanol–water partition coefficient (Wildman–Crippen LogP) is 3.41. The van der Waals surface area contributed by atoms with Crippen molar-refractivity contribution in [1.29, 1.82) is 0 Å². The Labute approximate surface area is 146 Å². The van der Waals surface area contributed by atoms with Crippen molar-refractivity contribution in [1.82, 2.24) is 9.47 Å². The summed E-state index contributed by atoms with van der Waals surface area (Å²) >= 11 is 0. The van der Waals surface area contributed by atoms with Crippen LogP contribution in [0.1, 0.15) is 20.3 Å². The van der Waals surface area contributed by atoms with Gasteiger partial charge in [-0.05, 0) is 43.5 Å². The van der Waals surface area contributed by atoms with E-state index in [1.54, 1.807) is 0 Å². The molecule has 1 amide bonds. The molecule has 0 N–H and O–H groups in total. The monoisotopic (exact) mass is 334 g/mol. The van der Waals surface area contributed by atoms with Gasteiger partial charge in [0.15, 0.2) is 5.43 Å². The van der Waals surface area contributed by atoms with Crippen molar-refractivity contribution in [3.05, 3.63) is 58.8 Å². The van der Waals surface area contributed by atoms with E-state index in [0.29, 0.717) is 16.7 Å². The molecule has 2 unspecified atom stereocenters. The van der Waals surface area contributed by atoms with Crippen molar-refractivity contribution in [3.8, 4) is 0 Å². The zero-order valence-corrected chi connectivity index (χ0v) is 14.6. The minimum atomic E-state index is 0.0260. The maximum atomic E-state index is 13.0. The van der Waals surface area contributed by atoms with Crippen LogP contribution in [0.2, 0.25) is 0 Å². The maximum Gasteiger partial charge on any atom is 0.242 e. The fraction of sp³-hybridized carbons (Fsp3) is 0.333. The van der Waals surface area contributed by atoms with Crippen LogP contribution in [-0.4, -0.2) is 28.0 Å². The Morgan fingerprint density at radius 2 is 1.56 bits per heavy atom. The number of hydrogen-bond acceptors (Lipinski definition) is 2. The van der Waals surface area contributed by atoms with E-state index < -0.39 is 0 Å². The molecule has 4 nitrogen and oxygen atoms in total. The van der Waals surface area contributed by atoms with E-state index in [1.165, 1.54) is 0 Å². The Hall–Kier alpha value is -2.62. The number of carbonyl (C=O) groups is 1. The smallest absolute Gasteiger partial charge is 0.242 e. The second kappa shape index (κ2) is 6.03. The molecule has 1 aliphatic rings. The van der Waals surface area contributed by atoms with E-state index in [2.05, 4.69) is 13.8 Å². The number of aromatic nitrogens is 1. The van der Waals surface area contributed by atoms with Crippen LogP contribution in [0.15, 0.2) is 53.3 Å². The van der Waals surface area contributed by atoms with Crippen molar-refractivity contribution in [2.24, 2.45) is 5.92 Å².